The van der Waals surface area contributed by atoms with Crippen molar-refractivity contribution in [3.63, 3.8) is 0 Å². The molecule has 0 saturated carbocycles. The van der Waals surface area contributed by atoms with Crippen molar-refractivity contribution in [1.29, 1.82) is 0 Å². The van der Waals surface area contributed by atoms with Gasteiger partial charge in [-0.1, -0.05) is 34.1 Å². The third-order valence-corrected chi connectivity index (χ3v) is 3.31. The van der Waals surface area contributed by atoms with Crippen LogP contribution in [0.1, 0.15) is 40.5 Å². The maximum absolute atomic E-state index is 9.71. The zero-order chi connectivity index (χ0) is 14.5. The molecule has 0 amide bonds. The molecule has 0 aromatic carbocycles. The lowest BCUT2D eigenvalue weighted by atomic mass is 9.98. The fraction of sp³-hybridized carbons (Fsp3) is 1.00. The molecule has 0 aliphatic rings. The Hall–Kier alpha value is -0.160. The first-order valence-electron chi connectivity index (χ1n) is 7.62. The first-order valence-corrected chi connectivity index (χ1v) is 7.62. The second kappa shape index (κ2) is 12.9. The van der Waals surface area contributed by atoms with Gasteiger partial charge in [-0.15, -0.1) is 0 Å². The molecular weight excluding hydrogens is 242 g/mol. The van der Waals surface area contributed by atoms with E-state index in [9.17, 15) is 5.11 Å². The fourth-order valence-corrected chi connectivity index (χ4v) is 1.46. The van der Waals surface area contributed by atoms with Crippen LogP contribution in [-0.2, 0) is 9.47 Å². The van der Waals surface area contributed by atoms with Crippen molar-refractivity contribution in [2.75, 3.05) is 39.5 Å². The summed E-state index contributed by atoms with van der Waals surface area (Å²) in [5.41, 5.74) is 0. The highest BCUT2D eigenvalue weighted by Crippen LogP contribution is 2.07. The van der Waals surface area contributed by atoms with Crippen LogP contribution in [0.5, 0.6) is 0 Å². The largest absolute Gasteiger partial charge is 0.389 e. The van der Waals surface area contributed by atoms with E-state index < -0.39 is 6.10 Å². The van der Waals surface area contributed by atoms with Gasteiger partial charge in [0.05, 0.1) is 25.9 Å². The van der Waals surface area contributed by atoms with E-state index in [1.807, 2.05) is 0 Å². The van der Waals surface area contributed by atoms with Gasteiger partial charge in [0.25, 0.3) is 0 Å². The molecule has 0 aliphatic heterocycles. The first kappa shape index (κ1) is 18.8. The monoisotopic (exact) mass is 275 g/mol. The minimum atomic E-state index is -0.435. The van der Waals surface area contributed by atoms with Crippen molar-refractivity contribution in [1.82, 2.24) is 5.32 Å². The Bertz CT molecular complexity index is 188. The predicted octanol–water partition coefficient (Wildman–Crippen LogP) is 2.06. The van der Waals surface area contributed by atoms with Crippen molar-refractivity contribution in [3.8, 4) is 0 Å². The molecule has 0 aromatic heterocycles. The summed E-state index contributed by atoms with van der Waals surface area (Å²) >= 11 is 0. The standard InChI is InChI=1S/C15H33NO3/c1-5-6-7-18-8-9-19-12-15(17)11-16-10-14(4)13(2)3/h13-17H,5-12H2,1-4H3. The lowest BCUT2D eigenvalue weighted by Gasteiger charge is -2.18. The van der Waals surface area contributed by atoms with Crippen LogP contribution in [-0.4, -0.2) is 50.7 Å². The summed E-state index contributed by atoms with van der Waals surface area (Å²) in [5.74, 6) is 1.29. The zero-order valence-electron chi connectivity index (χ0n) is 13.2. The average Bonchev–Trinajstić information content (AvgIpc) is 2.37. The molecule has 0 heterocycles. The van der Waals surface area contributed by atoms with Crippen LogP contribution >= 0.6 is 0 Å². The summed E-state index contributed by atoms with van der Waals surface area (Å²) in [7, 11) is 0. The SMILES string of the molecule is CCCCOCCOCC(O)CNCC(C)C(C)C. The second-order valence-corrected chi connectivity index (χ2v) is 5.57. The van der Waals surface area contributed by atoms with Crippen molar-refractivity contribution < 1.29 is 14.6 Å². The fourth-order valence-electron chi connectivity index (χ4n) is 1.46. The van der Waals surface area contributed by atoms with Crippen LogP contribution in [0.25, 0.3) is 0 Å². The van der Waals surface area contributed by atoms with E-state index in [4.69, 9.17) is 9.47 Å². The van der Waals surface area contributed by atoms with Gasteiger partial charge >= 0.3 is 0 Å². The highest BCUT2D eigenvalue weighted by Gasteiger charge is 2.08. The Balaban J connectivity index is 3.28. The Morgan fingerprint density at radius 1 is 1.00 bits per heavy atom. The summed E-state index contributed by atoms with van der Waals surface area (Å²) in [5, 5.41) is 13.0. The number of unbranched alkanes of at least 4 members (excludes halogenated alkanes) is 1. The van der Waals surface area contributed by atoms with E-state index in [1.54, 1.807) is 0 Å². The van der Waals surface area contributed by atoms with Crippen LogP contribution in [0.4, 0.5) is 0 Å². The molecule has 0 aromatic rings. The van der Waals surface area contributed by atoms with Gasteiger partial charge in [0.15, 0.2) is 0 Å². The molecule has 2 unspecified atom stereocenters. The summed E-state index contributed by atoms with van der Waals surface area (Å²) < 4.78 is 10.7. The molecule has 0 rings (SSSR count). The molecule has 4 nitrogen and oxygen atoms in total. The number of rotatable bonds is 13. The Morgan fingerprint density at radius 3 is 2.32 bits per heavy atom. The lowest BCUT2D eigenvalue weighted by molar-refractivity contribution is 0.00367. The molecule has 0 saturated heterocycles. The molecule has 0 aliphatic carbocycles. The Kier molecular flexibility index (Phi) is 12.7. The molecule has 2 atom stereocenters. The van der Waals surface area contributed by atoms with Gasteiger partial charge in [-0.2, -0.15) is 0 Å². The van der Waals surface area contributed by atoms with Crippen molar-refractivity contribution in [3.05, 3.63) is 0 Å². The van der Waals surface area contributed by atoms with Gasteiger partial charge in [-0.3, -0.25) is 0 Å². The molecular formula is C15H33NO3. The van der Waals surface area contributed by atoms with Crippen LogP contribution in [0.15, 0.2) is 0 Å². The van der Waals surface area contributed by atoms with Crippen molar-refractivity contribution >= 4 is 0 Å². The molecule has 2 N–H and O–H groups in total. The summed E-state index contributed by atoms with van der Waals surface area (Å²) in [6.45, 7) is 12.7. The maximum atomic E-state index is 9.71. The van der Waals surface area contributed by atoms with Gasteiger partial charge in [0.1, 0.15) is 0 Å². The van der Waals surface area contributed by atoms with Gasteiger partial charge < -0.3 is 19.9 Å². The average molecular weight is 275 g/mol. The predicted molar refractivity (Wildman–Crippen MR) is 79.4 cm³/mol. The van der Waals surface area contributed by atoms with Crippen molar-refractivity contribution in [2.45, 2.75) is 46.6 Å². The molecule has 0 bridgehead atoms. The third-order valence-electron chi connectivity index (χ3n) is 3.31. The highest BCUT2D eigenvalue weighted by atomic mass is 16.5. The van der Waals surface area contributed by atoms with E-state index in [2.05, 4.69) is 33.0 Å². The van der Waals surface area contributed by atoms with Crippen LogP contribution in [0.3, 0.4) is 0 Å². The summed E-state index contributed by atoms with van der Waals surface area (Å²) in [6.07, 6.45) is 1.82. The van der Waals surface area contributed by atoms with Gasteiger partial charge in [-0.05, 0) is 24.8 Å². The van der Waals surface area contributed by atoms with E-state index in [-0.39, 0.29) is 0 Å². The minimum Gasteiger partial charge on any atom is -0.389 e. The van der Waals surface area contributed by atoms with E-state index in [0.717, 1.165) is 26.0 Å². The highest BCUT2D eigenvalue weighted by molar-refractivity contribution is 4.63. The Morgan fingerprint density at radius 2 is 1.68 bits per heavy atom. The van der Waals surface area contributed by atoms with Crippen LogP contribution in [0.2, 0.25) is 0 Å². The number of nitrogens with one attached hydrogen (secondary N) is 1. The Labute approximate surface area is 118 Å². The quantitative estimate of drug-likeness (QED) is 0.505. The summed E-state index contributed by atoms with van der Waals surface area (Å²) in [6, 6.07) is 0. The van der Waals surface area contributed by atoms with Crippen LogP contribution in [0, 0.1) is 11.8 Å². The summed E-state index contributed by atoms with van der Waals surface area (Å²) in [4.78, 5) is 0. The van der Waals surface area contributed by atoms with Crippen molar-refractivity contribution in [2.24, 2.45) is 11.8 Å². The number of aliphatic hydroxyl groups excluding tert-OH is 1. The molecule has 0 spiro atoms. The van der Waals surface area contributed by atoms with Gasteiger partial charge in [-0.25, -0.2) is 0 Å². The maximum Gasteiger partial charge on any atom is 0.0897 e. The van der Waals surface area contributed by atoms with E-state index in [0.29, 0.717) is 38.2 Å². The number of ether oxygens (including phenoxy) is 2. The normalized spacial score (nSPS) is 14.8. The van der Waals surface area contributed by atoms with Gasteiger partial charge in [0, 0.05) is 13.2 Å². The second-order valence-electron chi connectivity index (χ2n) is 5.57. The number of hydrogen-bond acceptors (Lipinski definition) is 4. The smallest absolute Gasteiger partial charge is 0.0897 e. The lowest BCUT2D eigenvalue weighted by Crippen LogP contribution is -2.34. The number of hydrogen-bond donors (Lipinski definition) is 2. The van der Waals surface area contributed by atoms with Crippen LogP contribution < -0.4 is 5.32 Å². The molecule has 0 fully saturated rings. The molecule has 19 heavy (non-hydrogen) atoms. The van der Waals surface area contributed by atoms with E-state index >= 15 is 0 Å². The molecule has 116 valence electrons. The topological polar surface area (TPSA) is 50.7 Å². The zero-order valence-corrected chi connectivity index (χ0v) is 13.2. The van der Waals surface area contributed by atoms with E-state index in [1.165, 1.54) is 0 Å². The molecule has 0 radical (unpaired) electrons. The first-order chi connectivity index (χ1) is 9.07. The molecule has 4 heteroatoms. The van der Waals surface area contributed by atoms with Gasteiger partial charge in [0.2, 0.25) is 0 Å². The third kappa shape index (κ3) is 12.6. The number of aliphatic hydroxyl groups is 1. The minimum absolute atomic E-state index is 0.375.